The van der Waals surface area contributed by atoms with Gasteiger partial charge < -0.3 is 20.1 Å². The Morgan fingerprint density at radius 3 is 2.64 bits per heavy atom. The Morgan fingerprint density at radius 1 is 1.15 bits per heavy atom. The van der Waals surface area contributed by atoms with Crippen LogP contribution in [0, 0.1) is 11.8 Å². The van der Waals surface area contributed by atoms with Crippen LogP contribution in [0.4, 0.5) is 4.79 Å². The maximum atomic E-state index is 12.9. The summed E-state index contributed by atoms with van der Waals surface area (Å²) >= 11 is 0. The average Bonchev–Trinajstić information content (AvgIpc) is 3.15. The van der Waals surface area contributed by atoms with Gasteiger partial charge in [0.15, 0.2) is 0 Å². The van der Waals surface area contributed by atoms with E-state index >= 15 is 0 Å². The maximum Gasteiger partial charge on any atom is 0.407 e. The van der Waals surface area contributed by atoms with Crippen LogP contribution in [0.1, 0.15) is 51.9 Å². The number of hydrogen-bond donors (Lipinski definition) is 3. The van der Waals surface area contributed by atoms with E-state index in [9.17, 15) is 9.59 Å². The summed E-state index contributed by atoms with van der Waals surface area (Å²) in [6.07, 6.45) is 6.72. The van der Waals surface area contributed by atoms with E-state index in [0.717, 1.165) is 58.1 Å². The highest BCUT2D eigenvalue weighted by atomic mass is 28.3. The van der Waals surface area contributed by atoms with E-state index in [0.29, 0.717) is 24.9 Å². The van der Waals surface area contributed by atoms with E-state index in [1.165, 1.54) is 13.2 Å². The van der Waals surface area contributed by atoms with Crippen molar-refractivity contribution in [2.75, 3.05) is 27.0 Å². The molecular formula is C24H46N4O4Si. The third-order valence-corrected chi connectivity index (χ3v) is 9.30. The minimum absolute atomic E-state index is 0.0191. The molecule has 1 aliphatic carbocycles. The van der Waals surface area contributed by atoms with Gasteiger partial charge in [-0.25, -0.2) is 4.79 Å². The minimum atomic E-state index is -1.10. The number of alkyl carbamates (subject to hydrolysis) is 1. The number of ether oxygens (including phenoxy) is 2. The number of carbonyl (C=O) groups excluding carboxylic acids is 2. The number of fused-ring (bicyclic) bond motifs is 4. The molecular weight excluding hydrogens is 436 g/mol. The standard InChI is InChI=1S/C24H46N4O4Si/c1-17-8-6-7-9-22-26-21(15-28(22)16-32-12-13-33(3,4)5)19-11-10-18(25-24(30)31-2)14-20(19)27-23(17)29/h17-22,26H,6-16H2,1-5H3,(H,25,30)(H,27,29). The number of carbonyl (C=O) groups is 2. The van der Waals surface area contributed by atoms with Gasteiger partial charge in [0, 0.05) is 45.3 Å². The molecule has 0 aromatic carbocycles. The van der Waals surface area contributed by atoms with Crippen molar-refractivity contribution in [2.24, 2.45) is 11.8 Å². The predicted octanol–water partition coefficient (Wildman–Crippen LogP) is 3.12. The second-order valence-electron chi connectivity index (χ2n) is 11.5. The molecule has 2 bridgehead atoms. The molecule has 0 aromatic rings. The van der Waals surface area contributed by atoms with Crippen LogP contribution in [-0.2, 0) is 14.3 Å². The summed E-state index contributed by atoms with van der Waals surface area (Å²) in [4.78, 5) is 27.2. The predicted molar refractivity (Wildman–Crippen MR) is 133 cm³/mol. The Morgan fingerprint density at radius 2 is 1.91 bits per heavy atom. The van der Waals surface area contributed by atoms with E-state index in [-0.39, 0.29) is 23.9 Å². The highest BCUT2D eigenvalue weighted by Gasteiger charge is 2.42. The van der Waals surface area contributed by atoms with Crippen LogP contribution >= 0.6 is 0 Å². The van der Waals surface area contributed by atoms with Crippen LogP contribution in [0.3, 0.4) is 0 Å². The number of methoxy groups -OCH3 is 1. The summed E-state index contributed by atoms with van der Waals surface area (Å²) in [6.45, 7) is 11.6. The summed E-state index contributed by atoms with van der Waals surface area (Å²) in [7, 11) is 0.295. The Labute approximate surface area is 200 Å². The lowest BCUT2D eigenvalue weighted by atomic mass is 9.77. The molecule has 8 nitrogen and oxygen atoms in total. The second-order valence-corrected chi connectivity index (χ2v) is 17.1. The van der Waals surface area contributed by atoms with Crippen LogP contribution in [0.15, 0.2) is 0 Å². The fourth-order valence-corrected chi connectivity index (χ4v) is 6.21. The summed E-state index contributed by atoms with van der Waals surface area (Å²) in [5, 5.41) is 10.2. The zero-order chi connectivity index (χ0) is 24.0. The van der Waals surface area contributed by atoms with Gasteiger partial charge in [-0.2, -0.15) is 0 Å². The van der Waals surface area contributed by atoms with Crippen molar-refractivity contribution >= 4 is 20.1 Å². The molecule has 9 heteroatoms. The molecule has 2 heterocycles. The number of hydrogen-bond acceptors (Lipinski definition) is 6. The quantitative estimate of drug-likeness (QED) is 0.398. The normalized spacial score (nSPS) is 33.9. The van der Waals surface area contributed by atoms with Crippen molar-refractivity contribution in [3.8, 4) is 0 Å². The molecule has 0 radical (unpaired) electrons. The third kappa shape index (κ3) is 7.94. The van der Waals surface area contributed by atoms with E-state index in [1.807, 2.05) is 6.92 Å². The molecule has 2 aliphatic heterocycles. The average molecular weight is 483 g/mol. The first-order chi connectivity index (χ1) is 15.7. The molecule has 0 spiro atoms. The first kappa shape index (κ1) is 26.4. The van der Waals surface area contributed by atoms with Crippen molar-refractivity contribution in [1.82, 2.24) is 20.9 Å². The lowest BCUT2D eigenvalue weighted by Gasteiger charge is -2.40. The van der Waals surface area contributed by atoms with Crippen molar-refractivity contribution < 1.29 is 19.1 Å². The lowest BCUT2D eigenvalue weighted by molar-refractivity contribution is -0.126. The summed E-state index contributed by atoms with van der Waals surface area (Å²) in [5.41, 5.74) is 0. The fraction of sp³-hybridized carbons (Fsp3) is 0.917. The number of nitrogens with one attached hydrogen (secondary N) is 3. The summed E-state index contributed by atoms with van der Waals surface area (Å²) in [6, 6.07) is 1.57. The first-order valence-corrected chi connectivity index (χ1v) is 16.6. The molecule has 3 rings (SSSR count). The smallest absolute Gasteiger partial charge is 0.407 e. The van der Waals surface area contributed by atoms with Crippen LogP contribution in [-0.4, -0.2) is 76.3 Å². The van der Waals surface area contributed by atoms with Gasteiger partial charge in [-0.15, -0.1) is 0 Å². The van der Waals surface area contributed by atoms with Crippen LogP contribution in [0.25, 0.3) is 0 Å². The van der Waals surface area contributed by atoms with Gasteiger partial charge in [-0.05, 0) is 44.1 Å². The molecule has 2 amide bonds. The molecule has 190 valence electrons. The SMILES string of the molecule is COC(=O)NC1CCC2C(C1)NC(=O)C(C)CCCCC1NC2CN1COCC[Si](C)(C)C. The lowest BCUT2D eigenvalue weighted by Crippen LogP contribution is -2.55. The van der Waals surface area contributed by atoms with Gasteiger partial charge in [0.1, 0.15) is 6.73 Å². The third-order valence-electron chi connectivity index (χ3n) is 7.60. The van der Waals surface area contributed by atoms with E-state index in [1.54, 1.807) is 0 Å². The van der Waals surface area contributed by atoms with E-state index in [2.05, 4.69) is 40.5 Å². The highest BCUT2D eigenvalue weighted by molar-refractivity contribution is 6.76. The maximum absolute atomic E-state index is 12.9. The zero-order valence-electron chi connectivity index (χ0n) is 21.3. The Hall–Kier alpha value is -1.16. The summed E-state index contributed by atoms with van der Waals surface area (Å²) in [5.74, 6) is 0.502. The summed E-state index contributed by atoms with van der Waals surface area (Å²) < 4.78 is 10.9. The van der Waals surface area contributed by atoms with Gasteiger partial charge in [0.25, 0.3) is 0 Å². The molecule has 3 fully saturated rings. The largest absolute Gasteiger partial charge is 0.453 e. The van der Waals surface area contributed by atoms with E-state index in [4.69, 9.17) is 9.47 Å². The Kier molecular flexibility index (Phi) is 9.61. The number of amides is 2. The minimum Gasteiger partial charge on any atom is -0.453 e. The van der Waals surface area contributed by atoms with Gasteiger partial charge in [-0.3, -0.25) is 15.0 Å². The van der Waals surface area contributed by atoms with Gasteiger partial charge in [0.2, 0.25) is 5.91 Å². The van der Waals surface area contributed by atoms with Gasteiger partial charge >= 0.3 is 6.09 Å². The van der Waals surface area contributed by atoms with Gasteiger partial charge in [0.05, 0.1) is 13.3 Å². The Bertz CT molecular complexity index is 659. The van der Waals surface area contributed by atoms with Crippen molar-refractivity contribution in [1.29, 1.82) is 0 Å². The molecule has 33 heavy (non-hydrogen) atoms. The number of rotatable bonds is 6. The molecule has 2 saturated heterocycles. The Balaban J connectivity index is 1.68. The van der Waals surface area contributed by atoms with Gasteiger partial charge in [-0.1, -0.05) is 39.4 Å². The molecule has 6 atom stereocenters. The van der Waals surface area contributed by atoms with E-state index < -0.39 is 14.2 Å². The molecule has 1 saturated carbocycles. The molecule has 3 aliphatic rings. The van der Waals surface area contributed by atoms with Crippen molar-refractivity contribution in [3.05, 3.63) is 0 Å². The number of nitrogens with zero attached hydrogens (tertiary/aromatic N) is 1. The first-order valence-electron chi connectivity index (χ1n) is 12.9. The fourth-order valence-electron chi connectivity index (χ4n) is 5.46. The monoisotopic (exact) mass is 482 g/mol. The highest BCUT2D eigenvalue weighted by Crippen LogP contribution is 2.32. The van der Waals surface area contributed by atoms with Crippen LogP contribution in [0.2, 0.25) is 25.7 Å². The van der Waals surface area contributed by atoms with Crippen LogP contribution < -0.4 is 16.0 Å². The van der Waals surface area contributed by atoms with Crippen molar-refractivity contribution in [3.63, 3.8) is 0 Å². The molecule has 0 aromatic heterocycles. The topological polar surface area (TPSA) is 91.9 Å². The second kappa shape index (κ2) is 12.0. The van der Waals surface area contributed by atoms with Crippen molar-refractivity contribution in [2.45, 2.75) is 102 Å². The zero-order valence-corrected chi connectivity index (χ0v) is 22.3. The molecule has 6 unspecified atom stereocenters. The molecule has 3 N–H and O–H groups in total. The van der Waals surface area contributed by atoms with Crippen LogP contribution in [0.5, 0.6) is 0 Å².